The van der Waals surface area contributed by atoms with Crippen LogP contribution in [0.1, 0.15) is 5.56 Å². The molecule has 2 aromatic carbocycles. The first-order chi connectivity index (χ1) is 11.7. The molecule has 0 N–H and O–H groups in total. The molecule has 6 heteroatoms. The van der Waals surface area contributed by atoms with E-state index in [0.717, 1.165) is 15.6 Å². The Morgan fingerprint density at radius 2 is 1.92 bits per heavy atom. The molecule has 2 heterocycles. The number of nitrogens with zero attached hydrogens (tertiary/aromatic N) is 1. The molecule has 0 aliphatic carbocycles. The van der Waals surface area contributed by atoms with Crippen molar-refractivity contribution >= 4 is 38.5 Å². The van der Waals surface area contributed by atoms with Gasteiger partial charge >= 0.3 is 11.7 Å². The molecule has 4 aromatic rings. The van der Waals surface area contributed by atoms with Crippen LogP contribution >= 0.6 is 11.3 Å². The lowest BCUT2D eigenvalue weighted by atomic mass is 10.2. The zero-order valence-electron chi connectivity index (χ0n) is 12.6. The van der Waals surface area contributed by atoms with Gasteiger partial charge in [0.15, 0.2) is 5.58 Å². The van der Waals surface area contributed by atoms with Crippen molar-refractivity contribution < 1.29 is 13.9 Å². The second kappa shape index (κ2) is 5.98. The quantitative estimate of drug-likeness (QED) is 0.534. The summed E-state index contributed by atoms with van der Waals surface area (Å²) in [5, 5.41) is 3.07. The number of benzene rings is 2. The van der Waals surface area contributed by atoms with Crippen molar-refractivity contribution in [2.45, 2.75) is 13.2 Å². The van der Waals surface area contributed by atoms with Gasteiger partial charge in [-0.2, -0.15) is 0 Å². The van der Waals surface area contributed by atoms with Crippen molar-refractivity contribution in [3.05, 3.63) is 70.0 Å². The summed E-state index contributed by atoms with van der Waals surface area (Å²) in [5.74, 6) is -1.03. The predicted octanol–water partition coefficient (Wildman–Crippen LogP) is 3.55. The zero-order valence-corrected chi connectivity index (χ0v) is 13.4. The highest BCUT2D eigenvalue weighted by Gasteiger charge is 2.14. The molecular formula is C18H13NO4S. The molecule has 5 nitrogen and oxygen atoms in total. The highest BCUT2D eigenvalue weighted by Crippen LogP contribution is 2.26. The highest BCUT2D eigenvalue weighted by atomic mass is 32.1. The number of rotatable bonds is 4. The Hall–Kier alpha value is -2.86. The third-order valence-electron chi connectivity index (χ3n) is 3.81. The Kier molecular flexibility index (Phi) is 3.66. The summed E-state index contributed by atoms with van der Waals surface area (Å²) in [5.41, 5.74) is 2.01. The number of aromatic nitrogens is 1. The highest BCUT2D eigenvalue weighted by molar-refractivity contribution is 7.17. The lowest BCUT2D eigenvalue weighted by Gasteiger charge is -2.05. The number of esters is 1. The van der Waals surface area contributed by atoms with Crippen molar-refractivity contribution in [3.8, 4) is 0 Å². The number of oxazole rings is 1. The van der Waals surface area contributed by atoms with Gasteiger partial charge in [-0.05, 0) is 29.0 Å². The minimum Gasteiger partial charge on any atom is -0.459 e. The third kappa shape index (κ3) is 2.61. The third-order valence-corrected chi connectivity index (χ3v) is 4.82. The number of para-hydroxylation sites is 2. The molecule has 0 aliphatic rings. The lowest BCUT2D eigenvalue weighted by molar-refractivity contribution is -0.145. The van der Waals surface area contributed by atoms with Gasteiger partial charge in [0.2, 0.25) is 0 Å². The van der Waals surface area contributed by atoms with E-state index in [1.807, 2.05) is 29.6 Å². The fraction of sp³-hybridized carbons (Fsp3) is 0.111. The van der Waals surface area contributed by atoms with Gasteiger partial charge in [-0.3, -0.25) is 9.36 Å². The van der Waals surface area contributed by atoms with Gasteiger partial charge < -0.3 is 9.15 Å². The Morgan fingerprint density at radius 3 is 2.83 bits per heavy atom. The van der Waals surface area contributed by atoms with Crippen molar-refractivity contribution in [2.24, 2.45) is 0 Å². The molecule has 0 radical (unpaired) electrons. The molecule has 0 atom stereocenters. The van der Waals surface area contributed by atoms with Crippen LogP contribution in [-0.2, 0) is 22.7 Å². The Balaban J connectivity index is 1.50. The molecule has 0 amide bonds. The summed E-state index contributed by atoms with van der Waals surface area (Å²) in [6.07, 6.45) is 0. The smallest absolute Gasteiger partial charge is 0.420 e. The van der Waals surface area contributed by atoms with Crippen LogP contribution in [0.15, 0.2) is 63.1 Å². The van der Waals surface area contributed by atoms with Crippen LogP contribution in [0.3, 0.4) is 0 Å². The topological polar surface area (TPSA) is 61.4 Å². The number of carbonyl (C=O) groups excluding carboxylic acids is 1. The van der Waals surface area contributed by atoms with Gasteiger partial charge in [0.25, 0.3) is 0 Å². The van der Waals surface area contributed by atoms with Crippen LogP contribution in [0.25, 0.3) is 21.2 Å². The van der Waals surface area contributed by atoms with Gasteiger partial charge in [0.05, 0.1) is 5.52 Å². The maximum absolute atomic E-state index is 12.1. The molecule has 120 valence electrons. The average molecular weight is 339 g/mol. The standard InChI is InChI=1S/C18H13NO4S/c20-17(9-19-14-6-2-3-7-15(14)23-18(19)21)22-10-12-11-24-16-8-4-1-5-13(12)16/h1-8,11H,9-10H2. The minimum atomic E-state index is -0.561. The lowest BCUT2D eigenvalue weighted by Crippen LogP contribution is -2.21. The molecule has 2 aromatic heterocycles. The number of hydrogen-bond acceptors (Lipinski definition) is 5. The summed E-state index contributed by atoms with van der Waals surface area (Å²) in [4.78, 5) is 24.0. The molecule has 0 aliphatic heterocycles. The van der Waals surface area contributed by atoms with Crippen LogP contribution in [0, 0.1) is 0 Å². The van der Waals surface area contributed by atoms with Gasteiger partial charge in [-0.15, -0.1) is 11.3 Å². The van der Waals surface area contributed by atoms with E-state index in [1.54, 1.807) is 35.6 Å². The molecule has 0 saturated heterocycles. The van der Waals surface area contributed by atoms with E-state index in [9.17, 15) is 9.59 Å². The first kappa shape index (κ1) is 14.7. The molecule has 0 spiro atoms. The van der Waals surface area contributed by atoms with Crippen LogP contribution in [0.5, 0.6) is 0 Å². The van der Waals surface area contributed by atoms with E-state index in [4.69, 9.17) is 9.15 Å². The molecular weight excluding hydrogens is 326 g/mol. The largest absolute Gasteiger partial charge is 0.459 e. The van der Waals surface area contributed by atoms with E-state index in [1.165, 1.54) is 4.57 Å². The SMILES string of the molecule is O=C(Cn1c(=O)oc2ccccc21)OCc1csc2ccccc12. The van der Waals surface area contributed by atoms with Gasteiger partial charge in [0.1, 0.15) is 13.2 Å². The number of fused-ring (bicyclic) bond motifs is 2. The molecule has 4 rings (SSSR count). The first-order valence-electron chi connectivity index (χ1n) is 7.41. The summed E-state index contributed by atoms with van der Waals surface area (Å²) in [6, 6.07) is 15.0. The maximum atomic E-state index is 12.1. The summed E-state index contributed by atoms with van der Waals surface area (Å²) >= 11 is 1.61. The average Bonchev–Trinajstić information content (AvgIpc) is 3.15. The molecule has 0 unspecified atom stereocenters. The van der Waals surface area contributed by atoms with Gasteiger partial charge in [-0.25, -0.2) is 4.79 Å². The van der Waals surface area contributed by atoms with E-state index < -0.39 is 11.7 Å². The number of ether oxygens (including phenoxy) is 1. The fourth-order valence-electron chi connectivity index (χ4n) is 2.64. The van der Waals surface area contributed by atoms with Crippen LogP contribution < -0.4 is 5.76 Å². The van der Waals surface area contributed by atoms with Crippen molar-refractivity contribution in [2.75, 3.05) is 0 Å². The van der Waals surface area contributed by atoms with E-state index >= 15 is 0 Å². The maximum Gasteiger partial charge on any atom is 0.420 e. The monoisotopic (exact) mass is 339 g/mol. The second-order valence-corrected chi connectivity index (χ2v) is 6.25. The molecule has 0 fully saturated rings. The van der Waals surface area contributed by atoms with E-state index in [0.29, 0.717) is 11.1 Å². The van der Waals surface area contributed by atoms with E-state index in [-0.39, 0.29) is 13.2 Å². The van der Waals surface area contributed by atoms with Crippen molar-refractivity contribution in [1.29, 1.82) is 0 Å². The van der Waals surface area contributed by atoms with Gasteiger partial charge in [-0.1, -0.05) is 30.3 Å². The molecule has 24 heavy (non-hydrogen) atoms. The van der Waals surface area contributed by atoms with Crippen LogP contribution in [0.4, 0.5) is 0 Å². The summed E-state index contributed by atoms with van der Waals surface area (Å²) in [7, 11) is 0. The molecule has 0 saturated carbocycles. The summed E-state index contributed by atoms with van der Waals surface area (Å²) < 4.78 is 12.9. The Morgan fingerprint density at radius 1 is 1.12 bits per heavy atom. The van der Waals surface area contributed by atoms with Crippen LogP contribution in [-0.4, -0.2) is 10.5 Å². The van der Waals surface area contributed by atoms with Crippen molar-refractivity contribution in [1.82, 2.24) is 4.57 Å². The second-order valence-electron chi connectivity index (χ2n) is 5.34. The fourth-order valence-corrected chi connectivity index (χ4v) is 3.59. The number of hydrogen-bond donors (Lipinski definition) is 0. The number of carbonyl (C=O) groups is 1. The predicted molar refractivity (Wildman–Crippen MR) is 92.1 cm³/mol. The van der Waals surface area contributed by atoms with E-state index in [2.05, 4.69) is 0 Å². The summed E-state index contributed by atoms with van der Waals surface area (Å²) in [6.45, 7) is 0.0191. The van der Waals surface area contributed by atoms with Crippen molar-refractivity contribution in [3.63, 3.8) is 0 Å². The minimum absolute atomic E-state index is 0.169. The Labute approximate surface area is 140 Å². The van der Waals surface area contributed by atoms with Gasteiger partial charge in [0, 0.05) is 10.3 Å². The number of thiophene rings is 1. The first-order valence-corrected chi connectivity index (χ1v) is 8.29. The molecule has 0 bridgehead atoms. The Bertz CT molecular complexity index is 1090. The zero-order chi connectivity index (χ0) is 16.5. The van der Waals surface area contributed by atoms with Crippen LogP contribution in [0.2, 0.25) is 0 Å². The normalized spacial score (nSPS) is 11.2.